The molecule has 3 nitrogen and oxygen atoms in total. The first-order chi connectivity index (χ1) is 10.1. The first kappa shape index (κ1) is 16.0. The number of hydrogen-bond donors (Lipinski definition) is 1. The van der Waals surface area contributed by atoms with E-state index in [2.05, 4.69) is 0 Å². The maximum atomic E-state index is 12.7. The summed E-state index contributed by atoms with van der Waals surface area (Å²) in [5, 5.41) is 0. The van der Waals surface area contributed by atoms with Gasteiger partial charge in [-0.3, -0.25) is 4.79 Å². The highest BCUT2D eigenvalue weighted by atomic mass is 16.5. The van der Waals surface area contributed by atoms with Gasteiger partial charge >= 0.3 is 0 Å². The van der Waals surface area contributed by atoms with E-state index in [1.165, 1.54) is 19.3 Å². The highest BCUT2D eigenvalue weighted by Crippen LogP contribution is 2.39. The van der Waals surface area contributed by atoms with Gasteiger partial charge in [-0.15, -0.1) is 0 Å². The molecule has 1 aliphatic carbocycles. The molecule has 0 amide bonds. The lowest BCUT2D eigenvalue weighted by Gasteiger charge is -2.35. The quantitative estimate of drug-likeness (QED) is 0.807. The minimum atomic E-state index is 0.000273. The van der Waals surface area contributed by atoms with Crippen LogP contribution in [0.2, 0.25) is 0 Å². The Morgan fingerprint density at radius 3 is 2.52 bits per heavy atom. The van der Waals surface area contributed by atoms with Crippen molar-refractivity contribution in [1.29, 1.82) is 0 Å². The van der Waals surface area contributed by atoms with Gasteiger partial charge in [-0.25, -0.2) is 0 Å². The van der Waals surface area contributed by atoms with Gasteiger partial charge in [0, 0.05) is 6.42 Å². The monoisotopic (exact) mass is 289 g/mol. The minimum absolute atomic E-state index is 0.000273. The molecule has 0 bridgehead atoms. The van der Waals surface area contributed by atoms with E-state index in [0.717, 1.165) is 12.8 Å². The number of carbonyl (C=O) groups is 1. The summed E-state index contributed by atoms with van der Waals surface area (Å²) in [7, 11) is 0. The van der Waals surface area contributed by atoms with Crippen molar-refractivity contribution < 1.29 is 9.53 Å². The highest BCUT2D eigenvalue weighted by molar-refractivity contribution is 5.99. The van der Waals surface area contributed by atoms with Crippen molar-refractivity contribution in [2.24, 2.45) is 11.1 Å². The number of para-hydroxylation sites is 1. The number of ether oxygens (including phenoxy) is 1. The van der Waals surface area contributed by atoms with Gasteiger partial charge in [0.15, 0.2) is 5.78 Å². The molecule has 1 aromatic rings. The maximum Gasteiger partial charge on any atom is 0.167 e. The van der Waals surface area contributed by atoms with E-state index >= 15 is 0 Å². The third kappa shape index (κ3) is 4.07. The lowest BCUT2D eigenvalue weighted by molar-refractivity contribution is 0.0862. The van der Waals surface area contributed by atoms with E-state index in [9.17, 15) is 4.79 Å². The van der Waals surface area contributed by atoms with Crippen LogP contribution in [0.4, 0.5) is 0 Å². The molecule has 1 aliphatic rings. The minimum Gasteiger partial charge on any atom is -0.490 e. The van der Waals surface area contributed by atoms with Crippen LogP contribution < -0.4 is 10.5 Å². The van der Waals surface area contributed by atoms with Crippen LogP contribution >= 0.6 is 0 Å². The third-order valence-electron chi connectivity index (χ3n) is 4.43. The zero-order chi connectivity index (χ0) is 15.3. The van der Waals surface area contributed by atoms with Crippen LogP contribution in [0.25, 0.3) is 0 Å². The number of nitrogens with two attached hydrogens (primary N) is 1. The second kappa shape index (κ2) is 7.08. The van der Waals surface area contributed by atoms with Crippen molar-refractivity contribution in [3.63, 3.8) is 0 Å². The number of rotatable bonds is 6. The van der Waals surface area contributed by atoms with Crippen LogP contribution in [0.15, 0.2) is 24.3 Å². The van der Waals surface area contributed by atoms with Crippen LogP contribution in [0.5, 0.6) is 5.75 Å². The first-order valence-electron chi connectivity index (χ1n) is 8.05. The zero-order valence-corrected chi connectivity index (χ0v) is 13.2. The number of carbonyl (C=O) groups excluding carboxylic acids is 1. The smallest absolute Gasteiger partial charge is 0.167 e. The Balaban J connectivity index is 2.16. The second-order valence-corrected chi connectivity index (χ2v) is 6.53. The van der Waals surface area contributed by atoms with Gasteiger partial charge in [0.25, 0.3) is 0 Å². The Bertz CT molecular complexity index is 476. The molecule has 1 saturated carbocycles. The van der Waals surface area contributed by atoms with Gasteiger partial charge in [-0.05, 0) is 50.8 Å². The zero-order valence-electron chi connectivity index (χ0n) is 13.2. The topological polar surface area (TPSA) is 52.3 Å². The molecule has 0 aromatic heterocycles. The lowest BCUT2D eigenvalue weighted by Crippen LogP contribution is -2.35. The molecule has 116 valence electrons. The predicted octanol–water partition coefficient (Wildman–Crippen LogP) is 3.96. The summed E-state index contributed by atoms with van der Waals surface area (Å²) < 4.78 is 5.77. The average molecular weight is 289 g/mol. The molecule has 1 aromatic carbocycles. The molecule has 1 fully saturated rings. The Kier molecular flexibility index (Phi) is 5.40. The van der Waals surface area contributed by atoms with Gasteiger partial charge in [-0.2, -0.15) is 0 Å². The molecule has 0 atom stereocenters. The van der Waals surface area contributed by atoms with Crippen LogP contribution in [0.3, 0.4) is 0 Å². The average Bonchev–Trinajstić information content (AvgIpc) is 2.48. The normalized spacial score (nSPS) is 17.7. The summed E-state index contributed by atoms with van der Waals surface area (Å²) in [6.07, 6.45) is 6.40. The van der Waals surface area contributed by atoms with Crippen LogP contribution in [-0.4, -0.2) is 18.4 Å². The predicted molar refractivity (Wildman–Crippen MR) is 85.7 cm³/mol. The van der Waals surface area contributed by atoms with E-state index in [-0.39, 0.29) is 17.3 Å². The van der Waals surface area contributed by atoms with Crippen molar-refractivity contribution in [3.8, 4) is 5.75 Å². The number of ketones is 1. The van der Waals surface area contributed by atoms with E-state index in [4.69, 9.17) is 10.5 Å². The van der Waals surface area contributed by atoms with Crippen molar-refractivity contribution >= 4 is 5.78 Å². The van der Waals surface area contributed by atoms with Crippen LogP contribution in [-0.2, 0) is 0 Å². The Labute approximate surface area is 127 Å². The summed E-state index contributed by atoms with van der Waals surface area (Å²) in [6.45, 7) is 4.56. The molecule has 0 spiro atoms. The number of benzene rings is 1. The van der Waals surface area contributed by atoms with Gasteiger partial charge in [-0.1, -0.05) is 31.4 Å². The molecule has 0 heterocycles. The molecule has 0 radical (unpaired) electrons. The Morgan fingerprint density at radius 1 is 1.24 bits per heavy atom. The van der Waals surface area contributed by atoms with Gasteiger partial charge in [0.05, 0.1) is 11.7 Å². The SMILES string of the molecule is CC(C)Oc1ccccc1C(=O)CC1(CN)CCCCC1. The van der Waals surface area contributed by atoms with Crippen LogP contribution in [0.1, 0.15) is 62.7 Å². The molecular weight excluding hydrogens is 262 g/mol. The molecule has 3 heteroatoms. The molecule has 2 N–H and O–H groups in total. The molecule has 0 saturated heterocycles. The van der Waals surface area contributed by atoms with Crippen molar-refractivity contribution in [2.45, 2.75) is 58.5 Å². The van der Waals surface area contributed by atoms with E-state index in [1.54, 1.807) is 0 Å². The largest absolute Gasteiger partial charge is 0.490 e. The summed E-state index contributed by atoms with van der Waals surface area (Å²) in [4.78, 5) is 12.7. The standard InChI is InChI=1S/C18H27NO2/c1-14(2)21-17-9-5-4-8-15(17)16(20)12-18(13-19)10-6-3-7-11-18/h4-5,8-9,14H,3,6-7,10-13,19H2,1-2H3. The molecule has 0 aliphatic heterocycles. The van der Waals surface area contributed by atoms with Crippen molar-refractivity contribution in [2.75, 3.05) is 6.54 Å². The van der Waals surface area contributed by atoms with Crippen molar-refractivity contribution in [3.05, 3.63) is 29.8 Å². The fraction of sp³-hybridized carbons (Fsp3) is 0.611. The first-order valence-corrected chi connectivity index (χ1v) is 8.05. The molecule has 21 heavy (non-hydrogen) atoms. The highest BCUT2D eigenvalue weighted by Gasteiger charge is 2.33. The van der Waals surface area contributed by atoms with Gasteiger partial charge < -0.3 is 10.5 Å². The Morgan fingerprint density at radius 2 is 1.90 bits per heavy atom. The summed E-state index contributed by atoms with van der Waals surface area (Å²) in [5.41, 5.74) is 6.70. The van der Waals surface area contributed by atoms with E-state index in [0.29, 0.717) is 24.3 Å². The van der Waals surface area contributed by atoms with E-state index in [1.807, 2.05) is 38.1 Å². The second-order valence-electron chi connectivity index (χ2n) is 6.53. The summed E-state index contributed by atoms with van der Waals surface area (Å²) in [6, 6.07) is 7.56. The number of hydrogen-bond acceptors (Lipinski definition) is 3. The summed E-state index contributed by atoms with van der Waals surface area (Å²) in [5.74, 6) is 0.860. The third-order valence-corrected chi connectivity index (χ3v) is 4.43. The van der Waals surface area contributed by atoms with E-state index < -0.39 is 0 Å². The van der Waals surface area contributed by atoms with Crippen LogP contribution in [0, 0.1) is 5.41 Å². The molecular formula is C18H27NO2. The molecule has 0 unspecified atom stereocenters. The fourth-order valence-corrected chi connectivity index (χ4v) is 3.24. The molecule has 2 rings (SSSR count). The summed E-state index contributed by atoms with van der Waals surface area (Å²) >= 11 is 0. The lowest BCUT2D eigenvalue weighted by atomic mass is 9.70. The maximum absolute atomic E-state index is 12.7. The fourth-order valence-electron chi connectivity index (χ4n) is 3.24. The Hall–Kier alpha value is -1.35. The van der Waals surface area contributed by atoms with Crippen molar-refractivity contribution in [1.82, 2.24) is 0 Å². The van der Waals surface area contributed by atoms with Gasteiger partial charge in [0.2, 0.25) is 0 Å². The van der Waals surface area contributed by atoms with Gasteiger partial charge in [0.1, 0.15) is 5.75 Å². The number of Topliss-reactive ketones (excluding diaryl/α,β-unsaturated/α-hetero) is 1.